The lowest BCUT2D eigenvalue weighted by Gasteiger charge is -2.33. The fourth-order valence-electron chi connectivity index (χ4n) is 2.48. The topological polar surface area (TPSA) is 58.0 Å². The van der Waals surface area contributed by atoms with Crippen molar-refractivity contribution >= 4 is 11.8 Å². The van der Waals surface area contributed by atoms with Gasteiger partial charge in [-0.2, -0.15) is 16.9 Å². The Hall–Kier alpha value is -1.27. The van der Waals surface area contributed by atoms with Crippen LogP contribution in [0.15, 0.2) is 16.5 Å². The molecular formula is C14H20N4OS. The van der Waals surface area contributed by atoms with Crippen LogP contribution >= 0.6 is 11.8 Å². The van der Waals surface area contributed by atoms with E-state index in [0.29, 0.717) is 6.04 Å². The Morgan fingerprint density at radius 2 is 2.40 bits per heavy atom. The number of nitrogens with one attached hydrogen (secondary N) is 1. The van der Waals surface area contributed by atoms with Crippen molar-refractivity contribution < 1.29 is 4.42 Å². The summed E-state index contributed by atoms with van der Waals surface area (Å²) < 4.78 is 5.82. The first kappa shape index (κ1) is 13.7. The lowest BCUT2D eigenvalue weighted by atomic mass is 10.2. The average Bonchev–Trinajstić information content (AvgIpc) is 3.08. The van der Waals surface area contributed by atoms with Crippen molar-refractivity contribution in [3.8, 4) is 0 Å². The van der Waals surface area contributed by atoms with Gasteiger partial charge in [-0.15, -0.1) is 0 Å². The summed E-state index contributed by atoms with van der Waals surface area (Å²) in [6, 6.07) is 4.46. The third-order valence-electron chi connectivity index (χ3n) is 3.58. The Balaban J connectivity index is 1.75. The fourth-order valence-corrected chi connectivity index (χ4v) is 3.61. The molecule has 1 saturated heterocycles. The highest BCUT2D eigenvalue weighted by atomic mass is 32.2. The number of H-pyrrole nitrogens is 1. The number of thioether (sulfide) groups is 1. The van der Waals surface area contributed by atoms with Crippen LogP contribution in [0.1, 0.15) is 36.1 Å². The van der Waals surface area contributed by atoms with Gasteiger partial charge >= 0.3 is 0 Å². The largest absolute Gasteiger partial charge is 0.465 e. The number of aromatic amines is 1. The van der Waals surface area contributed by atoms with Crippen LogP contribution in [0.2, 0.25) is 0 Å². The maximum absolute atomic E-state index is 5.82. The highest BCUT2D eigenvalue weighted by Crippen LogP contribution is 2.31. The number of hydrogen-bond acceptors (Lipinski definition) is 5. The molecule has 0 aliphatic carbocycles. The van der Waals surface area contributed by atoms with Crippen molar-refractivity contribution in [2.24, 2.45) is 0 Å². The predicted octanol–water partition coefficient (Wildman–Crippen LogP) is 2.56. The van der Waals surface area contributed by atoms with E-state index in [-0.39, 0.29) is 0 Å². The van der Waals surface area contributed by atoms with Crippen LogP contribution in [-0.4, -0.2) is 38.1 Å². The number of nitrogens with zero attached hydrogens (tertiary/aromatic N) is 3. The van der Waals surface area contributed by atoms with Gasteiger partial charge in [-0.3, -0.25) is 10.00 Å². The molecular weight excluding hydrogens is 272 g/mol. The molecule has 2 aromatic rings. The van der Waals surface area contributed by atoms with Crippen molar-refractivity contribution in [3.63, 3.8) is 0 Å². The molecule has 3 rings (SSSR count). The molecule has 1 aliphatic rings. The zero-order valence-electron chi connectivity index (χ0n) is 11.9. The van der Waals surface area contributed by atoms with Gasteiger partial charge in [0.2, 0.25) is 0 Å². The van der Waals surface area contributed by atoms with E-state index in [1.165, 1.54) is 0 Å². The molecule has 0 bridgehead atoms. The standard InChI is InChI=1S/C14H20N4OS/c1-3-13-15-14(17-16-13)8-18-6-7-20-9-11(18)12-5-4-10(2)19-12/h4-5,11H,3,6-9H2,1-2H3,(H,15,16,17)/t11-/m1/s1. The molecule has 1 aliphatic heterocycles. The van der Waals surface area contributed by atoms with Crippen molar-refractivity contribution in [2.75, 3.05) is 18.1 Å². The maximum Gasteiger partial charge on any atom is 0.150 e. The Labute approximate surface area is 123 Å². The Morgan fingerprint density at radius 3 is 3.10 bits per heavy atom. The highest BCUT2D eigenvalue weighted by molar-refractivity contribution is 7.99. The molecule has 1 atom stereocenters. The van der Waals surface area contributed by atoms with Crippen LogP contribution in [0.4, 0.5) is 0 Å². The molecule has 0 unspecified atom stereocenters. The minimum atomic E-state index is 0.331. The first-order valence-corrected chi connectivity index (χ1v) is 8.20. The molecule has 3 heterocycles. The second kappa shape index (κ2) is 6.01. The molecule has 2 aromatic heterocycles. The molecule has 0 radical (unpaired) electrons. The molecule has 1 N–H and O–H groups in total. The molecule has 20 heavy (non-hydrogen) atoms. The summed E-state index contributed by atoms with van der Waals surface area (Å²) in [7, 11) is 0. The number of aromatic nitrogens is 3. The van der Waals surface area contributed by atoms with Crippen LogP contribution in [0.25, 0.3) is 0 Å². The van der Waals surface area contributed by atoms with Crippen LogP contribution in [0, 0.1) is 6.92 Å². The highest BCUT2D eigenvalue weighted by Gasteiger charge is 2.27. The monoisotopic (exact) mass is 292 g/mol. The maximum atomic E-state index is 5.82. The fraction of sp³-hybridized carbons (Fsp3) is 0.571. The Morgan fingerprint density at radius 1 is 1.50 bits per heavy atom. The van der Waals surface area contributed by atoms with Crippen LogP contribution in [-0.2, 0) is 13.0 Å². The van der Waals surface area contributed by atoms with E-state index in [2.05, 4.69) is 33.1 Å². The second-order valence-corrected chi connectivity index (χ2v) is 6.21. The SMILES string of the molecule is CCc1n[nH]c(CN2CCSC[C@@H]2c2ccc(C)o2)n1. The number of rotatable bonds is 4. The molecule has 0 spiro atoms. The van der Waals surface area contributed by atoms with Crippen LogP contribution in [0.5, 0.6) is 0 Å². The summed E-state index contributed by atoms with van der Waals surface area (Å²) >= 11 is 1.98. The summed E-state index contributed by atoms with van der Waals surface area (Å²) in [5, 5.41) is 7.25. The smallest absolute Gasteiger partial charge is 0.150 e. The van der Waals surface area contributed by atoms with E-state index in [1.54, 1.807) is 0 Å². The number of furan rings is 1. The third kappa shape index (κ3) is 2.91. The molecule has 0 saturated carbocycles. The van der Waals surface area contributed by atoms with E-state index in [9.17, 15) is 0 Å². The van der Waals surface area contributed by atoms with Crippen molar-refractivity contribution in [1.29, 1.82) is 0 Å². The minimum Gasteiger partial charge on any atom is -0.465 e. The van der Waals surface area contributed by atoms with Gasteiger partial charge in [-0.05, 0) is 19.1 Å². The molecule has 5 nitrogen and oxygen atoms in total. The normalized spacial score (nSPS) is 20.4. The van der Waals surface area contributed by atoms with E-state index in [0.717, 1.165) is 54.2 Å². The van der Waals surface area contributed by atoms with E-state index in [4.69, 9.17) is 4.42 Å². The van der Waals surface area contributed by atoms with Crippen LogP contribution < -0.4 is 0 Å². The van der Waals surface area contributed by atoms with Gasteiger partial charge in [-0.1, -0.05) is 6.92 Å². The van der Waals surface area contributed by atoms with Gasteiger partial charge < -0.3 is 4.42 Å². The summed E-state index contributed by atoms with van der Waals surface area (Å²) in [6.07, 6.45) is 0.868. The Kier molecular flexibility index (Phi) is 4.12. The molecule has 0 amide bonds. The second-order valence-electron chi connectivity index (χ2n) is 5.06. The average molecular weight is 292 g/mol. The van der Waals surface area contributed by atoms with E-state index >= 15 is 0 Å². The lowest BCUT2D eigenvalue weighted by Crippen LogP contribution is -2.35. The van der Waals surface area contributed by atoms with Gasteiger partial charge in [0, 0.05) is 24.5 Å². The molecule has 0 aromatic carbocycles. The van der Waals surface area contributed by atoms with Gasteiger partial charge in [0.25, 0.3) is 0 Å². The number of aryl methyl sites for hydroxylation is 2. The van der Waals surface area contributed by atoms with E-state index < -0.39 is 0 Å². The zero-order valence-corrected chi connectivity index (χ0v) is 12.7. The molecule has 108 valence electrons. The van der Waals surface area contributed by atoms with Gasteiger partial charge in [0.15, 0.2) is 0 Å². The van der Waals surface area contributed by atoms with Gasteiger partial charge in [-0.25, -0.2) is 4.98 Å². The predicted molar refractivity (Wildman–Crippen MR) is 79.7 cm³/mol. The Bertz CT molecular complexity index is 565. The summed E-state index contributed by atoms with van der Waals surface area (Å²) in [6.45, 7) is 5.92. The minimum absolute atomic E-state index is 0.331. The summed E-state index contributed by atoms with van der Waals surface area (Å²) in [5.74, 6) is 6.10. The molecule has 6 heteroatoms. The van der Waals surface area contributed by atoms with Crippen LogP contribution in [0.3, 0.4) is 0 Å². The zero-order chi connectivity index (χ0) is 13.9. The first-order chi connectivity index (χ1) is 9.76. The van der Waals surface area contributed by atoms with Gasteiger partial charge in [0.05, 0.1) is 12.6 Å². The quantitative estimate of drug-likeness (QED) is 0.938. The summed E-state index contributed by atoms with van der Waals surface area (Å²) in [5.41, 5.74) is 0. The lowest BCUT2D eigenvalue weighted by molar-refractivity contribution is 0.183. The summed E-state index contributed by atoms with van der Waals surface area (Å²) in [4.78, 5) is 6.94. The van der Waals surface area contributed by atoms with Gasteiger partial charge in [0.1, 0.15) is 23.2 Å². The van der Waals surface area contributed by atoms with Crippen molar-refractivity contribution in [3.05, 3.63) is 35.3 Å². The third-order valence-corrected chi connectivity index (χ3v) is 4.60. The van der Waals surface area contributed by atoms with Crippen molar-refractivity contribution in [1.82, 2.24) is 20.1 Å². The number of hydrogen-bond donors (Lipinski definition) is 1. The first-order valence-electron chi connectivity index (χ1n) is 7.04. The van der Waals surface area contributed by atoms with Crippen molar-refractivity contribution in [2.45, 2.75) is 32.9 Å². The van der Waals surface area contributed by atoms with E-state index in [1.807, 2.05) is 24.8 Å². The molecule has 1 fully saturated rings.